The average Bonchev–Trinajstić information content (AvgIpc) is 3.36. The molecule has 2 N–H and O–H groups in total. The third-order valence-electron chi connectivity index (χ3n) is 6.87. The zero-order valence-electron chi connectivity index (χ0n) is 24.6. The van der Waals surface area contributed by atoms with Crippen molar-refractivity contribution in [2.45, 2.75) is 13.1 Å². The van der Waals surface area contributed by atoms with E-state index in [4.69, 9.17) is 4.74 Å². The monoisotopic (exact) mass is 623 g/mol. The van der Waals surface area contributed by atoms with E-state index in [2.05, 4.69) is 20.7 Å². The van der Waals surface area contributed by atoms with Crippen LogP contribution in [0.3, 0.4) is 0 Å². The van der Waals surface area contributed by atoms with E-state index in [1.165, 1.54) is 43.2 Å². The normalized spacial score (nSPS) is 11.3. The van der Waals surface area contributed by atoms with Crippen LogP contribution < -0.4 is 26.8 Å². The van der Waals surface area contributed by atoms with Crippen LogP contribution in [-0.4, -0.2) is 58.2 Å². The van der Waals surface area contributed by atoms with Crippen molar-refractivity contribution in [3.8, 4) is 17.1 Å². The first-order valence-corrected chi connectivity index (χ1v) is 13.4. The smallest absolute Gasteiger partial charge is 0.343 e. The molecule has 0 radical (unpaired) electrons. The molecular formula is C30H28F3N7O5. The van der Waals surface area contributed by atoms with Gasteiger partial charge >= 0.3 is 11.7 Å². The number of urea groups is 1. The van der Waals surface area contributed by atoms with E-state index in [0.717, 1.165) is 16.7 Å². The molecule has 0 spiro atoms. The van der Waals surface area contributed by atoms with Gasteiger partial charge in [0.2, 0.25) is 0 Å². The summed E-state index contributed by atoms with van der Waals surface area (Å²) in [6.45, 7) is -0.537. The summed E-state index contributed by atoms with van der Waals surface area (Å²) in [5.74, 6) is -3.05. The summed E-state index contributed by atoms with van der Waals surface area (Å²) in [4.78, 5) is 46.4. The van der Waals surface area contributed by atoms with Crippen molar-refractivity contribution in [2.24, 2.45) is 0 Å². The number of carbonyl (C=O) groups excluding carboxylic acids is 1. The first-order valence-electron chi connectivity index (χ1n) is 13.4. The molecule has 2 heterocycles. The van der Waals surface area contributed by atoms with Gasteiger partial charge in [-0.2, -0.15) is 0 Å². The molecule has 15 heteroatoms. The molecule has 0 bridgehead atoms. The fourth-order valence-corrected chi connectivity index (χ4v) is 4.88. The highest BCUT2D eigenvalue weighted by molar-refractivity contribution is 5.88. The fraction of sp³-hybridized carbons (Fsp3) is 0.200. The molecule has 0 aliphatic heterocycles. The molecule has 3 aromatic carbocycles. The van der Waals surface area contributed by atoms with Crippen molar-refractivity contribution in [1.29, 1.82) is 0 Å². The van der Waals surface area contributed by atoms with E-state index in [-0.39, 0.29) is 23.3 Å². The Morgan fingerprint density at radius 2 is 1.62 bits per heavy atom. The summed E-state index contributed by atoms with van der Waals surface area (Å²) in [5, 5.41) is 7.07. The van der Waals surface area contributed by atoms with Gasteiger partial charge in [-0.25, -0.2) is 37.5 Å². The lowest BCUT2D eigenvalue weighted by molar-refractivity contribution is 0.114. The summed E-state index contributed by atoms with van der Waals surface area (Å²) in [6, 6.07) is 12.9. The molecular weight excluding hydrogens is 595 g/mol. The second-order valence-corrected chi connectivity index (χ2v) is 10.1. The van der Waals surface area contributed by atoms with Crippen LogP contribution in [-0.2, 0) is 17.9 Å². The number of benzene rings is 3. The van der Waals surface area contributed by atoms with Gasteiger partial charge in [-0.05, 0) is 62.6 Å². The summed E-state index contributed by atoms with van der Waals surface area (Å²) >= 11 is 0. The van der Waals surface area contributed by atoms with Crippen molar-refractivity contribution < 1.29 is 27.5 Å². The predicted octanol–water partition coefficient (Wildman–Crippen LogP) is 3.56. The molecule has 0 unspecified atom stereocenters. The Balaban J connectivity index is 1.83. The Kier molecular flexibility index (Phi) is 8.74. The van der Waals surface area contributed by atoms with Crippen LogP contribution in [0.5, 0.6) is 5.75 Å². The highest BCUT2D eigenvalue weighted by atomic mass is 19.1. The van der Waals surface area contributed by atoms with Crippen molar-refractivity contribution in [3.63, 3.8) is 0 Å². The van der Waals surface area contributed by atoms with Crippen molar-refractivity contribution in [3.05, 3.63) is 110 Å². The molecule has 0 fully saturated rings. The molecule has 0 saturated heterocycles. The molecule has 45 heavy (non-hydrogen) atoms. The Morgan fingerprint density at radius 1 is 0.956 bits per heavy atom. The average molecular weight is 624 g/mol. The van der Waals surface area contributed by atoms with Gasteiger partial charge in [0.25, 0.3) is 5.56 Å². The van der Waals surface area contributed by atoms with Gasteiger partial charge in [0.15, 0.2) is 17.2 Å². The van der Waals surface area contributed by atoms with Crippen LogP contribution in [0.2, 0.25) is 0 Å². The molecule has 0 aliphatic carbocycles. The number of nitrogens with one attached hydrogen (secondary N) is 2. The van der Waals surface area contributed by atoms with Crippen LogP contribution in [0.15, 0.2) is 70.3 Å². The van der Waals surface area contributed by atoms with E-state index in [1.807, 2.05) is 0 Å². The standard InChI is InChI=1S/C30H28F3N7O5/c1-37(2)16-23-25-27(35-40(23)18-13-11-17(12-14-18)34-29(42)36-45-4)38(15-19-20(31)7-5-8-21(19)32)30(43)39(28(25)41)22-9-6-10-24(44-3)26(22)33/h5-14H,15-16H2,1-4H3,(H2,34,36,42). The van der Waals surface area contributed by atoms with Gasteiger partial charge < -0.3 is 15.0 Å². The predicted molar refractivity (Wildman–Crippen MR) is 159 cm³/mol. The van der Waals surface area contributed by atoms with Gasteiger partial charge in [-0.15, -0.1) is 5.10 Å². The van der Waals surface area contributed by atoms with Gasteiger partial charge in [0.1, 0.15) is 17.0 Å². The number of methoxy groups -OCH3 is 1. The maximum Gasteiger partial charge on any atom is 0.343 e. The number of hydroxylamine groups is 1. The Labute approximate surface area is 253 Å². The Bertz CT molecular complexity index is 2000. The summed E-state index contributed by atoms with van der Waals surface area (Å²) < 4.78 is 53.2. The molecule has 2 amide bonds. The van der Waals surface area contributed by atoms with Crippen LogP contribution in [0.25, 0.3) is 22.4 Å². The molecule has 5 aromatic rings. The molecule has 5 rings (SSSR count). The summed E-state index contributed by atoms with van der Waals surface area (Å²) in [6.07, 6.45) is 0. The minimum absolute atomic E-state index is 0.0797. The number of nitrogens with zero attached hydrogens (tertiary/aromatic N) is 5. The van der Waals surface area contributed by atoms with Gasteiger partial charge in [-0.1, -0.05) is 12.1 Å². The summed E-state index contributed by atoms with van der Waals surface area (Å²) in [7, 11) is 6.01. The maximum atomic E-state index is 15.5. The quantitative estimate of drug-likeness (QED) is 0.241. The highest BCUT2D eigenvalue weighted by Gasteiger charge is 2.27. The highest BCUT2D eigenvalue weighted by Crippen LogP contribution is 2.25. The number of halogens is 3. The molecule has 12 nitrogen and oxygen atoms in total. The lowest BCUT2D eigenvalue weighted by atomic mass is 10.2. The lowest BCUT2D eigenvalue weighted by Crippen LogP contribution is -2.40. The third kappa shape index (κ3) is 5.90. The van der Waals surface area contributed by atoms with Gasteiger partial charge in [0, 0.05) is 17.8 Å². The fourth-order valence-electron chi connectivity index (χ4n) is 4.88. The third-order valence-corrected chi connectivity index (χ3v) is 6.87. The topological polar surface area (TPSA) is 125 Å². The molecule has 234 valence electrons. The van der Waals surface area contributed by atoms with E-state index in [9.17, 15) is 23.2 Å². The van der Waals surface area contributed by atoms with E-state index in [1.54, 1.807) is 43.3 Å². The number of fused-ring (bicyclic) bond motifs is 1. The molecule has 2 aromatic heterocycles. The van der Waals surface area contributed by atoms with Crippen LogP contribution in [0.1, 0.15) is 11.3 Å². The van der Waals surface area contributed by atoms with Crippen LogP contribution >= 0.6 is 0 Å². The Hall–Kier alpha value is -5.41. The van der Waals surface area contributed by atoms with E-state index < -0.39 is 52.5 Å². The van der Waals surface area contributed by atoms with Crippen molar-refractivity contribution >= 4 is 22.8 Å². The number of hydrogen-bond acceptors (Lipinski definition) is 7. The minimum Gasteiger partial charge on any atom is -0.494 e. The SMILES string of the molecule is CONC(=O)Nc1ccc(-n2nc3c(c2CN(C)C)c(=O)n(-c2cccc(OC)c2F)c(=O)n3Cc2c(F)cccc2F)cc1. The number of ether oxygens (including phenoxy) is 1. The number of rotatable bonds is 9. The molecule has 0 saturated carbocycles. The number of amides is 2. The lowest BCUT2D eigenvalue weighted by Gasteiger charge is -2.15. The Morgan fingerprint density at radius 3 is 2.24 bits per heavy atom. The summed E-state index contributed by atoms with van der Waals surface area (Å²) in [5.41, 5.74) is 0.250. The van der Waals surface area contributed by atoms with Gasteiger partial charge in [0.05, 0.1) is 37.8 Å². The second-order valence-electron chi connectivity index (χ2n) is 10.1. The minimum atomic E-state index is -1.08. The largest absolute Gasteiger partial charge is 0.494 e. The maximum absolute atomic E-state index is 15.5. The number of anilines is 1. The van der Waals surface area contributed by atoms with Crippen molar-refractivity contribution in [2.75, 3.05) is 33.6 Å². The first-order chi connectivity index (χ1) is 21.5. The number of carbonyl (C=O) groups is 1. The van der Waals surface area contributed by atoms with Gasteiger partial charge in [-0.3, -0.25) is 14.2 Å². The van der Waals surface area contributed by atoms with E-state index >= 15 is 4.39 Å². The van der Waals surface area contributed by atoms with Crippen LogP contribution in [0, 0.1) is 17.5 Å². The van der Waals surface area contributed by atoms with Crippen molar-refractivity contribution in [1.82, 2.24) is 29.3 Å². The first kappa shape index (κ1) is 31.0. The number of aromatic nitrogens is 4. The van der Waals surface area contributed by atoms with E-state index in [0.29, 0.717) is 21.6 Å². The van der Waals surface area contributed by atoms with Crippen LogP contribution in [0.4, 0.5) is 23.7 Å². The number of hydrogen-bond donors (Lipinski definition) is 2. The molecule has 0 aliphatic rings. The molecule has 0 atom stereocenters. The second kappa shape index (κ2) is 12.7. The zero-order chi connectivity index (χ0) is 32.4. The zero-order valence-corrected chi connectivity index (χ0v) is 24.6.